The summed E-state index contributed by atoms with van der Waals surface area (Å²) in [6.07, 6.45) is -4.52. The zero-order valence-electron chi connectivity index (χ0n) is 12.1. The third-order valence-electron chi connectivity index (χ3n) is 3.54. The molecule has 0 saturated heterocycles. The van der Waals surface area contributed by atoms with E-state index in [1.165, 1.54) is 12.1 Å². The molecule has 1 atom stereocenters. The van der Waals surface area contributed by atoms with E-state index < -0.39 is 11.7 Å². The summed E-state index contributed by atoms with van der Waals surface area (Å²) in [5, 5.41) is 11.7. The predicted octanol–water partition coefficient (Wildman–Crippen LogP) is 4.67. The van der Waals surface area contributed by atoms with Gasteiger partial charge in [0.1, 0.15) is 0 Å². The number of nitriles is 1. The molecule has 0 radical (unpaired) electrons. The first kappa shape index (κ1) is 16.4. The van der Waals surface area contributed by atoms with Crippen molar-refractivity contribution in [2.24, 2.45) is 11.3 Å². The van der Waals surface area contributed by atoms with E-state index >= 15 is 0 Å². The Kier molecular flexibility index (Phi) is 4.69. The Morgan fingerprint density at radius 3 is 2.30 bits per heavy atom. The van der Waals surface area contributed by atoms with Gasteiger partial charge in [-0.15, -0.1) is 0 Å². The Morgan fingerprint density at radius 1 is 1.25 bits per heavy atom. The van der Waals surface area contributed by atoms with E-state index in [0.29, 0.717) is 18.2 Å². The Balaban J connectivity index is 2.92. The van der Waals surface area contributed by atoms with Crippen LogP contribution in [-0.2, 0) is 6.18 Å². The number of halogens is 3. The molecule has 1 aromatic carbocycles. The van der Waals surface area contributed by atoms with Crippen LogP contribution in [0.15, 0.2) is 18.2 Å². The van der Waals surface area contributed by atoms with Crippen molar-refractivity contribution in [3.63, 3.8) is 0 Å². The predicted molar refractivity (Wildman–Crippen MR) is 73.3 cm³/mol. The number of hydrogen-bond donors (Lipinski definition) is 1. The van der Waals surface area contributed by atoms with Crippen LogP contribution in [-0.4, -0.2) is 6.54 Å². The topological polar surface area (TPSA) is 35.8 Å². The van der Waals surface area contributed by atoms with Crippen molar-refractivity contribution in [2.45, 2.75) is 33.9 Å². The van der Waals surface area contributed by atoms with Crippen molar-refractivity contribution in [3.05, 3.63) is 29.3 Å². The molecule has 0 aliphatic rings. The standard InChI is InChI=1S/C15H19F3N2/c1-10(14(2,3)4)9-20-12-6-5-11(8-19)13(7-12)15(16,17)18/h5-7,10,20H,9H2,1-4H3. The summed E-state index contributed by atoms with van der Waals surface area (Å²) >= 11 is 0. The summed E-state index contributed by atoms with van der Waals surface area (Å²) < 4.78 is 38.5. The molecule has 110 valence electrons. The van der Waals surface area contributed by atoms with Crippen LogP contribution in [0.3, 0.4) is 0 Å². The average molecular weight is 284 g/mol. The zero-order chi connectivity index (χ0) is 15.6. The minimum atomic E-state index is -4.52. The fourth-order valence-corrected chi connectivity index (χ4v) is 1.56. The highest BCUT2D eigenvalue weighted by Gasteiger charge is 2.33. The van der Waals surface area contributed by atoms with E-state index in [0.717, 1.165) is 6.07 Å². The van der Waals surface area contributed by atoms with Gasteiger partial charge >= 0.3 is 6.18 Å². The summed E-state index contributed by atoms with van der Waals surface area (Å²) in [5.74, 6) is 0.299. The first-order valence-electron chi connectivity index (χ1n) is 6.41. The maximum Gasteiger partial charge on any atom is 0.417 e. The molecule has 1 aromatic rings. The third-order valence-corrected chi connectivity index (χ3v) is 3.54. The van der Waals surface area contributed by atoms with Crippen molar-refractivity contribution in [1.82, 2.24) is 0 Å². The molecule has 0 amide bonds. The van der Waals surface area contributed by atoms with Crippen LogP contribution in [0, 0.1) is 22.7 Å². The van der Waals surface area contributed by atoms with Crippen molar-refractivity contribution < 1.29 is 13.2 Å². The molecule has 1 N–H and O–H groups in total. The lowest BCUT2D eigenvalue weighted by Crippen LogP contribution is -2.25. The van der Waals surface area contributed by atoms with Gasteiger partial charge in [0, 0.05) is 12.2 Å². The van der Waals surface area contributed by atoms with Crippen molar-refractivity contribution in [3.8, 4) is 6.07 Å². The van der Waals surface area contributed by atoms with E-state index in [1.807, 2.05) is 6.92 Å². The van der Waals surface area contributed by atoms with Crippen molar-refractivity contribution in [1.29, 1.82) is 5.26 Å². The second-order valence-electron chi connectivity index (χ2n) is 6.02. The van der Waals surface area contributed by atoms with Gasteiger partial charge in [0.15, 0.2) is 0 Å². The highest BCUT2D eigenvalue weighted by Crippen LogP contribution is 2.34. The Hall–Kier alpha value is -1.70. The number of rotatable bonds is 3. The van der Waals surface area contributed by atoms with Gasteiger partial charge in [0.25, 0.3) is 0 Å². The van der Waals surface area contributed by atoms with E-state index in [4.69, 9.17) is 5.26 Å². The zero-order valence-corrected chi connectivity index (χ0v) is 12.1. The second-order valence-corrected chi connectivity index (χ2v) is 6.02. The molecular formula is C15H19F3N2. The molecule has 0 bridgehead atoms. The number of nitrogens with one attached hydrogen (secondary N) is 1. The average Bonchev–Trinajstić information content (AvgIpc) is 2.33. The Bertz CT molecular complexity index is 507. The van der Waals surface area contributed by atoms with Gasteiger partial charge in [0.05, 0.1) is 17.2 Å². The van der Waals surface area contributed by atoms with Gasteiger partial charge in [0.2, 0.25) is 0 Å². The molecule has 5 heteroatoms. The van der Waals surface area contributed by atoms with Gasteiger partial charge in [-0.05, 0) is 29.5 Å². The summed E-state index contributed by atoms with van der Waals surface area (Å²) in [5.41, 5.74) is -0.792. The normalized spacial score (nSPS) is 13.7. The van der Waals surface area contributed by atoms with Gasteiger partial charge in [-0.2, -0.15) is 18.4 Å². The largest absolute Gasteiger partial charge is 0.417 e. The van der Waals surface area contributed by atoms with Gasteiger partial charge in [-0.1, -0.05) is 27.7 Å². The Labute approximate surface area is 117 Å². The SMILES string of the molecule is CC(CNc1ccc(C#N)c(C(F)(F)F)c1)C(C)(C)C. The molecule has 0 aliphatic carbocycles. The summed E-state index contributed by atoms with van der Waals surface area (Å²) in [7, 11) is 0. The van der Waals surface area contributed by atoms with Crippen LogP contribution in [0.1, 0.15) is 38.8 Å². The molecule has 0 heterocycles. The molecule has 0 fully saturated rings. The molecule has 1 rings (SSSR count). The second kappa shape index (κ2) is 5.74. The molecule has 2 nitrogen and oxygen atoms in total. The fourth-order valence-electron chi connectivity index (χ4n) is 1.56. The molecule has 0 aliphatic heterocycles. The lowest BCUT2D eigenvalue weighted by molar-refractivity contribution is -0.137. The number of hydrogen-bond acceptors (Lipinski definition) is 2. The van der Waals surface area contributed by atoms with Gasteiger partial charge in [-0.25, -0.2) is 0 Å². The van der Waals surface area contributed by atoms with E-state index in [9.17, 15) is 13.2 Å². The van der Waals surface area contributed by atoms with E-state index in [2.05, 4.69) is 26.1 Å². The third kappa shape index (κ3) is 4.16. The van der Waals surface area contributed by atoms with E-state index in [-0.39, 0.29) is 11.0 Å². The molecule has 1 unspecified atom stereocenters. The van der Waals surface area contributed by atoms with Crippen molar-refractivity contribution >= 4 is 5.69 Å². The van der Waals surface area contributed by atoms with Crippen LogP contribution in [0.5, 0.6) is 0 Å². The number of alkyl halides is 3. The molecule has 0 spiro atoms. The summed E-state index contributed by atoms with van der Waals surface area (Å²) in [6, 6.07) is 5.27. The highest BCUT2D eigenvalue weighted by molar-refractivity contribution is 5.53. The lowest BCUT2D eigenvalue weighted by Gasteiger charge is -2.27. The first-order valence-corrected chi connectivity index (χ1v) is 6.41. The lowest BCUT2D eigenvalue weighted by atomic mass is 9.82. The van der Waals surface area contributed by atoms with Crippen LogP contribution in [0.4, 0.5) is 18.9 Å². The highest BCUT2D eigenvalue weighted by atomic mass is 19.4. The molecule has 20 heavy (non-hydrogen) atoms. The minimum Gasteiger partial charge on any atom is -0.385 e. The number of nitrogens with zero attached hydrogens (tertiary/aromatic N) is 1. The maximum atomic E-state index is 12.8. The molecule has 0 aromatic heterocycles. The molecular weight excluding hydrogens is 265 g/mol. The number of anilines is 1. The fraction of sp³-hybridized carbons (Fsp3) is 0.533. The molecule has 0 saturated carbocycles. The maximum absolute atomic E-state index is 12.8. The van der Waals surface area contributed by atoms with Crippen LogP contribution in [0.25, 0.3) is 0 Å². The van der Waals surface area contributed by atoms with Gasteiger partial charge < -0.3 is 5.32 Å². The minimum absolute atomic E-state index is 0.0758. The first-order chi connectivity index (χ1) is 9.05. The van der Waals surface area contributed by atoms with E-state index in [1.54, 1.807) is 6.07 Å². The van der Waals surface area contributed by atoms with Gasteiger partial charge in [-0.3, -0.25) is 0 Å². The smallest absolute Gasteiger partial charge is 0.385 e. The van der Waals surface area contributed by atoms with Crippen molar-refractivity contribution in [2.75, 3.05) is 11.9 Å². The number of benzene rings is 1. The Morgan fingerprint density at radius 2 is 1.85 bits per heavy atom. The quantitative estimate of drug-likeness (QED) is 0.875. The van der Waals surface area contributed by atoms with Crippen LogP contribution in [0.2, 0.25) is 0 Å². The summed E-state index contributed by atoms with van der Waals surface area (Å²) in [6.45, 7) is 8.87. The monoisotopic (exact) mass is 284 g/mol. The summed E-state index contributed by atoms with van der Waals surface area (Å²) in [4.78, 5) is 0. The van der Waals surface area contributed by atoms with Crippen LogP contribution >= 0.6 is 0 Å². The van der Waals surface area contributed by atoms with Crippen LogP contribution < -0.4 is 5.32 Å².